The average Bonchev–Trinajstić information content (AvgIpc) is 2.56. The van der Waals surface area contributed by atoms with Crippen molar-refractivity contribution >= 4 is 17.3 Å². The first-order chi connectivity index (χ1) is 11.1. The molecule has 0 unspecified atom stereocenters. The van der Waals surface area contributed by atoms with Crippen LogP contribution >= 0.6 is 0 Å². The van der Waals surface area contributed by atoms with E-state index in [1.54, 1.807) is 7.11 Å². The Morgan fingerprint density at radius 3 is 2.39 bits per heavy atom. The summed E-state index contributed by atoms with van der Waals surface area (Å²) in [6.45, 7) is 6.04. The van der Waals surface area contributed by atoms with Crippen LogP contribution in [0.15, 0.2) is 30.3 Å². The standard InChI is InChI=1S/C17H23N5O/c1-13-18-16(20-14-4-6-15(23-3)7-5-14)12-17(19-13)22-10-8-21(2)9-11-22/h4-7,12H,8-11H2,1-3H3,(H,18,19,20). The van der Waals surface area contributed by atoms with Gasteiger partial charge >= 0.3 is 0 Å². The third kappa shape index (κ3) is 3.90. The lowest BCUT2D eigenvalue weighted by Crippen LogP contribution is -2.44. The highest BCUT2D eigenvalue weighted by Crippen LogP contribution is 2.22. The van der Waals surface area contributed by atoms with E-state index >= 15 is 0 Å². The van der Waals surface area contributed by atoms with Crippen LogP contribution in [0.1, 0.15) is 5.82 Å². The maximum absolute atomic E-state index is 5.18. The number of aryl methyl sites for hydroxylation is 1. The van der Waals surface area contributed by atoms with Gasteiger partial charge in [-0.2, -0.15) is 0 Å². The normalized spacial score (nSPS) is 15.5. The number of ether oxygens (including phenoxy) is 1. The molecule has 6 heteroatoms. The molecule has 0 amide bonds. The van der Waals surface area contributed by atoms with Crippen molar-refractivity contribution in [1.82, 2.24) is 14.9 Å². The van der Waals surface area contributed by atoms with Crippen molar-refractivity contribution in [3.63, 3.8) is 0 Å². The van der Waals surface area contributed by atoms with E-state index in [0.29, 0.717) is 0 Å². The average molecular weight is 313 g/mol. The molecule has 122 valence electrons. The van der Waals surface area contributed by atoms with Crippen molar-refractivity contribution in [2.75, 3.05) is 50.6 Å². The number of aromatic nitrogens is 2. The number of benzene rings is 1. The van der Waals surface area contributed by atoms with Crippen molar-refractivity contribution in [1.29, 1.82) is 0 Å². The highest BCUT2D eigenvalue weighted by molar-refractivity contribution is 5.60. The molecular weight excluding hydrogens is 290 g/mol. The molecule has 1 aromatic carbocycles. The Morgan fingerprint density at radius 2 is 1.74 bits per heavy atom. The zero-order valence-corrected chi connectivity index (χ0v) is 13.9. The van der Waals surface area contributed by atoms with E-state index < -0.39 is 0 Å². The number of rotatable bonds is 4. The van der Waals surface area contributed by atoms with Gasteiger partial charge in [0.05, 0.1) is 7.11 Å². The van der Waals surface area contributed by atoms with Crippen LogP contribution in [0.25, 0.3) is 0 Å². The summed E-state index contributed by atoms with van der Waals surface area (Å²) in [5.41, 5.74) is 0.980. The SMILES string of the molecule is COc1ccc(Nc2cc(N3CCN(C)CC3)nc(C)n2)cc1. The minimum absolute atomic E-state index is 0.775. The highest BCUT2D eigenvalue weighted by atomic mass is 16.5. The quantitative estimate of drug-likeness (QED) is 0.935. The number of nitrogens with one attached hydrogen (secondary N) is 1. The minimum Gasteiger partial charge on any atom is -0.497 e. The van der Waals surface area contributed by atoms with Crippen molar-refractivity contribution in [3.05, 3.63) is 36.2 Å². The van der Waals surface area contributed by atoms with E-state index in [4.69, 9.17) is 4.74 Å². The maximum Gasteiger partial charge on any atom is 0.136 e. The summed E-state index contributed by atoms with van der Waals surface area (Å²) in [6, 6.07) is 9.83. The lowest BCUT2D eigenvalue weighted by atomic mass is 10.3. The van der Waals surface area contributed by atoms with Crippen LogP contribution in [0.3, 0.4) is 0 Å². The van der Waals surface area contributed by atoms with Gasteiger partial charge in [0.25, 0.3) is 0 Å². The molecule has 1 aliphatic rings. The molecule has 2 heterocycles. The summed E-state index contributed by atoms with van der Waals surface area (Å²) in [4.78, 5) is 13.7. The second kappa shape index (κ2) is 6.83. The van der Waals surface area contributed by atoms with Crippen LogP contribution in [-0.2, 0) is 0 Å². The number of hydrogen-bond acceptors (Lipinski definition) is 6. The molecule has 1 aromatic heterocycles. The third-order valence-corrected chi connectivity index (χ3v) is 4.01. The number of anilines is 3. The van der Waals surface area contributed by atoms with E-state index in [1.165, 1.54) is 0 Å². The predicted octanol–water partition coefficient (Wildman–Crippen LogP) is 2.29. The van der Waals surface area contributed by atoms with Gasteiger partial charge in [-0.15, -0.1) is 0 Å². The molecule has 1 N–H and O–H groups in total. The molecular formula is C17H23N5O. The van der Waals surface area contributed by atoms with Crippen LogP contribution in [0.2, 0.25) is 0 Å². The number of nitrogens with zero attached hydrogens (tertiary/aromatic N) is 4. The number of likely N-dealkylation sites (N-methyl/N-ethyl adjacent to an activating group) is 1. The first-order valence-corrected chi connectivity index (χ1v) is 7.84. The molecule has 1 aliphatic heterocycles. The molecule has 0 radical (unpaired) electrons. The maximum atomic E-state index is 5.18. The minimum atomic E-state index is 0.775. The summed E-state index contributed by atoms with van der Waals surface area (Å²) in [5, 5.41) is 3.34. The topological polar surface area (TPSA) is 53.5 Å². The fourth-order valence-electron chi connectivity index (χ4n) is 2.64. The predicted molar refractivity (Wildman–Crippen MR) is 92.8 cm³/mol. The lowest BCUT2D eigenvalue weighted by Gasteiger charge is -2.33. The largest absolute Gasteiger partial charge is 0.497 e. The fourth-order valence-corrected chi connectivity index (χ4v) is 2.64. The van der Waals surface area contributed by atoms with E-state index in [0.717, 1.165) is 55.1 Å². The van der Waals surface area contributed by atoms with Gasteiger partial charge in [-0.1, -0.05) is 0 Å². The number of piperazine rings is 1. The monoisotopic (exact) mass is 313 g/mol. The van der Waals surface area contributed by atoms with Crippen LogP contribution in [0.4, 0.5) is 17.3 Å². The Kier molecular flexibility index (Phi) is 4.62. The number of hydrogen-bond donors (Lipinski definition) is 1. The molecule has 23 heavy (non-hydrogen) atoms. The summed E-state index contributed by atoms with van der Waals surface area (Å²) in [6.07, 6.45) is 0. The van der Waals surface area contributed by atoms with E-state index in [1.807, 2.05) is 37.3 Å². The van der Waals surface area contributed by atoms with Gasteiger partial charge in [0.2, 0.25) is 0 Å². The van der Waals surface area contributed by atoms with Gasteiger partial charge in [-0.05, 0) is 38.2 Å². The summed E-state index contributed by atoms with van der Waals surface area (Å²) in [5.74, 6) is 3.42. The van der Waals surface area contributed by atoms with Crippen LogP contribution in [0.5, 0.6) is 5.75 Å². The zero-order chi connectivity index (χ0) is 16.2. The Bertz CT molecular complexity index is 651. The van der Waals surface area contributed by atoms with Crippen molar-refractivity contribution in [2.45, 2.75) is 6.92 Å². The zero-order valence-electron chi connectivity index (χ0n) is 13.9. The molecule has 3 rings (SSSR count). The van der Waals surface area contributed by atoms with Crippen LogP contribution in [-0.4, -0.2) is 55.2 Å². The summed E-state index contributed by atoms with van der Waals surface area (Å²) in [7, 11) is 3.82. The van der Waals surface area contributed by atoms with E-state index in [-0.39, 0.29) is 0 Å². The molecule has 1 fully saturated rings. The molecule has 6 nitrogen and oxygen atoms in total. The first-order valence-electron chi connectivity index (χ1n) is 7.84. The van der Waals surface area contributed by atoms with E-state index in [9.17, 15) is 0 Å². The van der Waals surface area contributed by atoms with Gasteiger partial charge in [-0.25, -0.2) is 9.97 Å². The lowest BCUT2D eigenvalue weighted by molar-refractivity contribution is 0.312. The molecule has 0 saturated carbocycles. The third-order valence-electron chi connectivity index (χ3n) is 4.01. The van der Waals surface area contributed by atoms with Crippen LogP contribution < -0.4 is 15.0 Å². The fraction of sp³-hybridized carbons (Fsp3) is 0.412. The molecule has 2 aromatic rings. The Labute approximate surface area is 137 Å². The summed E-state index contributed by atoms with van der Waals surface area (Å²) < 4.78 is 5.18. The van der Waals surface area contributed by atoms with Gasteiger partial charge in [-0.3, -0.25) is 0 Å². The first kappa shape index (κ1) is 15.6. The van der Waals surface area contributed by atoms with Crippen molar-refractivity contribution < 1.29 is 4.74 Å². The number of methoxy groups -OCH3 is 1. The molecule has 0 atom stereocenters. The van der Waals surface area contributed by atoms with Crippen LogP contribution in [0, 0.1) is 6.92 Å². The Balaban J connectivity index is 1.76. The summed E-state index contributed by atoms with van der Waals surface area (Å²) >= 11 is 0. The Hall–Kier alpha value is -2.34. The second-order valence-electron chi connectivity index (χ2n) is 5.80. The van der Waals surface area contributed by atoms with Gasteiger partial charge in [0.15, 0.2) is 0 Å². The van der Waals surface area contributed by atoms with E-state index in [2.05, 4.69) is 32.1 Å². The van der Waals surface area contributed by atoms with Crippen molar-refractivity contribution in [2.24, 2.45) is 0 Å². The Morgan fingerprint density at radius 1 is 1.04 bits per heavy atom. The molecule has 0 bridgehead atoms. The second-order valence-corrected chi connectivity index (χ2v) is 5.80. The molecule has 0 aliphatic carbocycles. The molecule has 1 saturated heterocycles. The molecule has 0 spiro atoms. The van der Waals surface area contributed by atoms with Crippen molar-refractivity contribution in [3.8, 4) is 5.75 Å². The van der Waals surface area contributed by atoms with Gasteiger partial charge in [0, 0.05) is 37.9 Å². The smallest absolute Gasteiger partial charge is 0.136 e. The van der Waals surface area contributed by atoms with Gasteiger partial charge < -0.3 is 19.9 Å². The highest BCUT2D eigenvalue weighted by Gasteiger charge is 2.16. The van der Waals surface area contributed by atoms with Gasteiger partial charge in [0.1, 0.15) is 23.2 Å².